The number of hydrogen-bond donors (Lipinski definition) is 0. The summed E-state index contributed by atoms with van der Waals surface area (Å²) in [5.74, 6) is -1.02. The summed E-state index contributed by atoms with van der Waals surface area (Å²) in [5, 5.41) is 0.328. The number of halogens is 1. The van der Waals surface area contributed by atoms with Crippen molar-refractivity contribution >= 4 is 20.8 Å². The van der Waals surface area contributed by atoms with Crippen molar-refractivity contribution in [3.63, 3.8) is 0 Å². The maximum absolute atomic E-state index is 12.9. The lowest BCUT2D eigenvalue weighted by Crippen LogP contribution is -2.14. The molecule has 1 aromatic heterocycles. The summed E-state index contributed by atoms with van der Waals surface area (Å²) in [7, 11) is -3.75. The van der Waals surface area contributed by atoms with Crippen molar-refractivity contribution in [3.05, 3.63) is 76.4 Å². The largest absolute Gasteiger partial charge is 0.464 e. The zero-order valence-electron chi connectivity index (χ0n) is 11.3. The third-order valence-corrected chi connectivity index (χ3v) is 4.95. The SMILES string of the molecule is O=c1c(CS(=O)(=O)c2ccc(F)cc2)coc2ccccc12. The topological polar surface area (TPSA) is 64.3 Å². The lowest BCUT2D eigenvalue weighted by atomic mass is 10.2. The van der Waals surface area contributed by atoms with Gasteiger partial charge in [0.2, 0.25) is 0 Å². The maximum atomic E-state index is 12.9. The second-order valence-electron chi connectivity index (χ2n) is 4.80. The molecule has 4 nitrogen and oxygen atoms in total. The quantitative estimate of drug-likeness (QED) is 0.697. The normalized spacial score (nSPS) is 11.7. The van der Waals surface area contributed by atoms with Crippen LogP contribution in [0.15, 0.2) is 68.9 Å². The van der Waals surface area contributed by atoms with E-state index in [1.165, 1.54) is 12.1 Å². The third-order valence-electron chi connectivity index (χ3n) is 3.27. The molecule has 0 amide bonds. The molecule has 112 valence electrons. The summed E-state index contributed by atoms with van der Waals surface area (Å²) in [5.41, 5.74) is 0.0611. The van der Waals surface area contributed by atoms with Gasteiger partial charge in [0.25, 0.3) is 0 Å². The minimum atomic E-state index is -3.75. The minimum Gasteiger partial charge on any atom is -0.464 e. The van der Waals surface area contributed by atoms with Crippen LogP contribution in [0, 0.1) is 5.82 Å². The van der Waals surface area contributed by atoms with Crippen LogP contribution in [-0.4, -0.2) is 8.42 Å². The highest BCUT2D eigenvalue weighted by Gasteiger charge is 2.18. The molecule has 2 aromatic carbocycles. The molecular weight excluding hydrogens is 307 g/mol. The first-order valence-electron chi connectivity index (χ1n) is 6.45. The van der Waals surface area contributed by atoms with Gasteiger partial charge in [-0.05, 0) is 36.4 Å². The van der Waals surface area contributed by atoms with Gasteiger partial charge >= 0.3 is 0 Å². The van der Waals surface area contributed by atoms with E-state index in [1.807, 2.05) is 0 Å². The van der Waals surface area contributed by atoms with Crippen LogP contribution in [0.4, 0.5) is 4.39 Å². The Bertz CT molecular complexity index is 989. The summed E-state index contributed by atoms with van der Waals surface area (Å²) < 4.78 is 42.8. The van der Waals surface area contributed by atoms with Gasteiger partial charge in [-0.1, -0.05) is 12.1 Å². The van der Waals surface area contributed by atoms with Gasteiger partial charge in [-0.25, -0.2) is 12.8 Å². The first-order chi connectivity index (χ1) is 10.5. The lowest BCUT2D eigenvalue weighted by Gasteiger charge is -2.05. The van der Waals surface area contributed by atoms with Gasteiger partial charge in [0, 0.05) is 0 Å². The van der Waals surface area contributed by atoms with E-state index >= 15 is 0 Å². The van der Waals surface area contributed by atoms with E-state index < -0.39 is 21.4 Å². The van der Waals surface area contributed by atoms with Gasteiger partial charge in [-0.2, -0.15) is 0 Å². The highest BCUT2D eigenvalue weighted by atomic mass is 32.2. The molecule has 1 heterocycles. The van der Waals surface area contributed by atoms with Crippen LogP contribution >= 0.6 is 0 Å². The number of hydrogen-bond acceptors (Lipinski definition) is 4. The second-order valence-corrected chi connectivity index (χ2v) is 6.79. The standard InChI is InChI=1S/C16H11FO4S/c17-12-5-7-13(8-6-12)22(19,20)10-11-9-21-15-4-2-1-3-14(15)16(11)18/h1-9H,10H2. The van der Waals surface area contributed by atoms with Gasteiger partial charge in [-0.3, -0.25) is 4.79 Å². The van der Waals surface area contributed by atoms with Crippen molar-refractivity contribution in [3.8, 4) is 0 Å². The Kier molecular flexibility index (Phi) is 3.54. The zero-order valence-corrected chi connectivity index (χ0v) is 12.1. The smallest absolute Gasteiger partial charge is 0.196 e. The monoisotopic (exact) mass is 318 g/mol. The molecule has 0 aliphatic rings. The molecule has 22 heavy (non-hydrogen) atoms. The molecule has 0 aliphatic heterocycles. The number of fused-ring (bicyclic) bond motifs is 1. The molecule has 0 atom stereocenters. The molecule has 0 unspecified atom stereocenters. The van der Waals surface area contributed by atoms with E-state index in [1.54, 1.807) is 24.3 Å². The molecule has 0 saturated heterocycles. The van der Waals surface area contributed by atoms with Crippen LogP contribution in [0.1, 0.15) is 5.56 Å². The van der Waals surface area contributed by atoms with Crippen LogP contribution in [0.2, 0.25) is 0 Å². The molecular formula is C16H11FO4S. The zero-order chi connectivity index (χ0) is 15.7. The summed E-state index contributed by atoms with van der Waals surface area (Å²) in [6.07, 6.45) is 1.16. The van der Waals surface area contributed by atoms with Gasteiger partial charge < -0.3 is 4.42 Å². The summed E-state index contributed by atoms with van der Waals surface area (Å²) in [6.45, 7) is 0. The molecule has 3 rings (SSSR count). The molecule has 0 radical (unpaired) electrons. The molecule has 0 spiro atoms. The Labute approximate surface area is 125 Å². The van der Waals surface area contributed by atoms with Crippen molar-refractivity contribution in [1.82, 2.24) is 0 Å². The Morgan fingerprint density at radius 2 is 1.68 bits per heavy atom. The summed E-state index contributed by atoms with van der Waals surface area (Å²) in [4.78, 5) is 12.3. The minimum absolute atomic E-state index is 0.0403. The average molecular weight is 318 g/mol. The fraction of sp³-hybridized carbons (Fsp3) is 0.0625. The second kappa shape index (κ2) is 5.38. The molecule has 0 aliphatic carbocycles. The van der Waals surface area contributed by atoms with E-state index in [0.29, 0.717) is 11.0 Å². The van der Waals surface area contributed by atoms with Crippen molar-refractivity contribution < 1.29 is 17.2 Å². The average Bonchev–Trinajstić information content (AvgIpc) is 2.51. The fourth-order valence-electron chi connectivity index (χ4n) is 2.15. The molecule has 0 fully saturated rings. The van der Waals surface area contributed by atoms with Gasteiger partial charge in [0.1, 0.15) is 11.4 Å². The Balaban J connectivity index is 2.04. The first-order valence-corrected chi connectivity index (χ1v) is 8.10. The first kappa shape index (κ1) is 14.5. The van der Waals surface area contributed by atoms with Gasteiger partial charge in [0.05, 0.1) is 27.9 Å². The van der Waals surface area contributed by atoms with E-state index in [4.69, 9.17) is 4.42 Å². The fourth-order valence-corrected chi connectivity index (χ4v) is 3.47. The van der Waals surface area contributed by atoms with Crippen molar-refractivity contribution in [1.29, 1.82) is 0 Å². The Hall–Kier alpha value is -2.47. The molecule has 6 heteroatoms. The van der Waals surface area contributed by atoms with Gasteiger partial charge in [-0.15, -0.1) is 0 Å². The third kappa shape index (κ3) is 2.65. The van der Waals surface area contributed by atoms with Crippen LogP contribution in [0.25, 0.3) is 11.0 Å². The Morgan fingerprint density at radius 3 is 2.41 bits per heavy atom. The maximum Gasteiger partial charge on any atom is 0.196 e. The number of sulfone groups is 1. The highest BCUT2D eigenvalue weighted by Crippen LogP contribution is 2.17. The lowest BCUT2D eigenvalue weighted by molar-refractivity contribution is 0.583. The number of benzene rings is 2. The molecule has 0 saturated carbocycles. The van der Waals surface area contributed by atoms with Crippen molar-refractivity contribution in [2.75, 3.05) is 0 Å². The van der Waals surface area contributed by atoms with Gasteiger partial charge in [0.15, 0.2) is 15.3 Å². The summed E-state index contributed by atoms with van der Waals surface area (Å²) in [6, 6.07) is 11.1. The van der Waals surface area contributed by atoms with E-state index in [2.05, 4.69) is 0 Å². The van der Waals surface area contributed by atoms with Crippen LogP contribution in [0.5, 0.6) is 0 Å². The predicted octanol–water partition coefficient (Wildman–Crippen LogP) is 2.91. The predicted molar refractivity (Wildman–Crippen MR) is 79.8 cm³/mol. The van der Waals surface area contributed by atoms with E-state index in [9.17, 15) is 17.6 Å². The number of para-hydroxylation sites is 1. The molecule has 0 bridgehead atoms. The Morgan fingerprint density at radius 1 is 1.00 bits per heavy atom. The van der Waals surface area contributed by atoms with Crippen molar-refractivity contribution in [2.45, 2.75) is 10.6 Å². The molecule has 0 N–H and O–H groups in total. The molecule has 3 aromatic rings. The van der Waals surface area contributed by atoms with Crippen molar-refractivity contribution in [2.24, 2.45) is 0 Å². The number of rotatable bonds is 3. The van der Waals surface area contributed by atoms with Crippen LogP contribution < -0.4 is 5.43 Å². The summed E-state index contributed by atoms with van der Waals surface area (Å²) >= 11 is 0. The highest BCUT2D eigenvalue weighted by molar-refractivity contribution is 7.90. The van der Waals surface area contributed by atoms with E-state index in [-0.39, 0.29) is 15.9 Å². The van der Waals surface area contributed by atoms with Crippen LogP contribution in [0.3, 0.4) is 0 Å². The van der Waals surface area contributed by atoms with E-state index in [0.717, 1.165) is 18.4 Å². The van der Waals surface area contributed by atoms with Crippen LogP contribution in [-0.2, 0) is 15.6 Å².